The number of hydrogen-bond donors (Lipinski definition) is 1. The van der Waals surface area contributed by atoms with Crippen molar-refractivity contribution in [1.29, 1.82) is 0 Å². The first-order chi connectivity index (χ1) is 9.60. The summed E-state index contributed by atoms with van der Waals surface area (Å²) >= 11 is 0. The molecule has 1 saturated heterocycles. The predicted octanol–water partition coefficient (Wildman–Crippen LogP) is 1.79. The van der Waals surface area contributed by atoms with Gasteiger partial charge in [-0.15, -0.1) is 0 Å². The monoisotopic (exact) mass is 277 g/mol. The summed E-state index contributed by atoms with van der Waals surface area (Å²) in [5, 5.41) is 2.73. The third kappa shape index (κ3) is 3.63. The smallest absolute Gasteiger partial charge is 0.211 e. The Morgan fingerprint density at radius 3 is 2.55 bits per heavy atom. The van der Waals surface area contributed by atoms with E-state index in [9.17, 15) is 4.79 Å². The first-order valence-corrected chi connectivity index (χ1v) is 7.04. The summed E-state index contributed by atoms with van der Waals surface area (Å²) in [5.74, 6) is 0.713. The highest BCUT2D eigenvalue weighted by atomic mass is 16.5. The molecule has 1 aromatic carbocycles. The van der Waals surface area contributed by atoms with Gasteiger partial charge >= 0.3 is 0 Å². The van der Waals surface area contributed by atoms with Crippen LogP contribution in [-0.4, -0.2) is 50.6 Å². The second kappa shape index (κ2) is 6.61. The minimum Gasteiger partial charge on any atom is -0.489 e. The van der Waals surface area contributed by atoms with Crippen molar-refractivity contribution in [2.45, 2.75) is 20.0 Å². The van der Waals surface area contributed by atoms with Crippen LogP contribution in [0.25, 0.3) is 0 Å². The molecule has 5 heteroatoms. The molecule has 20 heavy (non-hydrogen) atoms. The van der Waals surface area contributed by atoms with Gasteiger partial charge in [0.2, 0.25) is 6.41 Å². The van der Waals surface area contributed by atoms with Crippen LogP contribution in [0.3, 0.4) is 0 Å². The van der Waals surface area contributed by atoms with E-state index in [0.29, 0.717) is 12.2 Å². The second-order valence-electron chi connectivity index (χ2n) is 5.40. The van der Waals surface area contributed by atoms with Gasteiger partial charge in [0.25, 0.3) is 0 Å². The highest BCUT2D eigenvalue weighted by Crippen LogP contribution is 2.30. The number of anilines is 2. The summed E-state index contributed by atoms with van der Waals surface area (Å²) in [4.78, 5) is 15.4. The summed E-state index contributed by atoms with van der Waals surface area (Å²) in [5.41, 5.74) is 1.85. The van der Waals surface area contributed by atoms with Gasteiger partial charge in [0, 0.05) is 31.9 Å². The van der Waals surface area contributed by atoms with E-state index in [4.69, 9.17) is 4.74 Å². The summed E-state index contributed by atoms with van der Waals surface area (Å²) in [7, 11) is 2.14. The van der Waals surface area contributed by atoms with Crippen molar-refractivity contribution < 1.29 is 9.53 Å². The molecule has 2 rings (SSSR count). The highest BCUT2D eigenvalue weighted by molar-refractivity contribution is 5.78. The van der Waals surface area contributed by atoms with E-state index in [1.165, 1.54) is 0 Å². The lowest BCUT2D eigenvalue weighted by Gasteiger charge is -2.34. The standard InChI is InChI=1S/C15H23N3O2/c1-12(2)20-15-5-4-13(10-14(15)16-11-19)18-8-6-17(3)7-9-18/h4-5,10-12H,6-9H2,1-3H3,(H,16,19). The molecule has 1 amide bonds. The Bertz CT molecular complexity index is 454. The summed E-state index contributed by atoms with van der Waals surface area (Å²) < 4.78 is 5.71. The lowest BCUT2D eigenvalue weighted by atomic mass is 10.2. The molecule has 0 unspecified atom stereocenters. The number of nitrogens with one attached hydrogen (secondary N) is 1. The van der Waals surface area contributed by atoms with Crippen LogP contribution in [-0.2, 0) is 4.79 Å². The molecule has 0 aliphatic carbocycles. The molecule has 1 heterocycles. The lowest BCUT2D eigenvalue weighted by Crippen LogP contribution is -2.44. The molecule has 0 bridgehead atoms. The first-order valence-electron chi connectivity index (χ1n) is 7.04. The van der Waals surface area contributed by atoms with Crippen LogP contribution in [0.4, 0.5) is 11.4 Å². The zero-order valence-corrected chi connectivity index (χ0v) is 12.4. The lowest BCUT2D eigenvalue weighted by molar-refractivity contribution is -0.105. The Kier molecular flexibility index (Phi) is 4.84. The fourth-order valence-corrected chi connectivity index (χ4v) is 2.31. The molecule has 0 radical (unpaired) electrons. The van der Waals surface area contributed by atoms with Gasteiger partial charge in [-0.05, 0) is 39.1 Å². The molecule has 0 aromatic heterocycles. The maximum absolute atomic E-state index is 10.8. The van der Waals surface area contributed by atoms with Crippen LogP contribution < -0.4 is 15.0 Å². The largest absolute Gasteiger partial charge is 0.489 e. The van der Waals surface area contributed by atoms with Crippen LogP contribution in [0, 0.1) is 0 Å². The average molecular weight is 277 g/mol. The molecule has 1 fully saturated rings. The first kappa shape index (κ1) is 14.7. The van der Waals surface area contributed by atoms with Crippen molar-refractivity contribution in [2.24, 2.45) is 0 Å². The van der Waals surface area contributed by atoms with Gasteiger partial charge in [-0.1, -0.05) is 0 Å². The quantitative estimate of drug-likeness (QED) is 0.834. The number of nitrogens with zero attached hydrogens (tertiary/aromatic N) is 2. The molecule has 1 aliphatic rings. The van der Waals surface area contributed by atoms with Crippen LogP contribution in [0.2, 0.25) is 0 Å². The highest BCUT2D eigenvalue weighted by Gasteiger charge is 2.16. The third-order valence-electron chi connectivity index (χ3n) is 3.41. The number of hydrogen-bond acceptors (Lipinski definition) is 4. The zero-order valence-electron chi connectivity index (χ0n) is 12.4. The van der Waals surface area contributed by atoms with E-state index >= 15 is 0 Å². The molecule has 0 atom stereocenters. The van der Waals surface area contributed by atoms with Crippen LogP contribution >= 0.6 is 0 Å². The Hall–Kier alpha value is -1.75. The molecule has 0 spiro atoms. The maximum Gasteiger partial charge on any atom is 0.211 e. The fourth-order valence-electron chi connectivity index (χ4n) is 2.31. The molecule has 1 aliphatic heterocycles. The van der Waals surface area contributed by atoms with Crippen molar-refractivity contribution in [3.63, 3.8) is 0 Å². The average Bonchev–Trinajstić information content (AvgIpc) is 2.41. The Morgan fingerprint density at radius 1 is 1.25 bits per heavy atom. The number of likely N-dealkylation sites (N-methyl/N-ethyl adjacent to an activating group) is 1. The number of carbonyl (C=O) groups is 1. The van der Waals surface area contributed by atoms with Crippen LogP contribution in [0.1, 0.15) is 13.8 Å². The van der Waals surface area contributed by atoms with Crippen LogP contribution in [0.15, 0.2) is 18.2 Å². The third-order valence-corrected chi connectivity index (χ3v) is 3.41. The van der Waals surface area contributed by atoms with Gasteiger partial charge < -0.3 is 19.9 Å². The van der Waals surface area contributed by atoms with Gasteiger partial charge in [-0.3, -0.25) is 4.79 Å². The number of carbonyl (C=O) groups excluding carboxylic acids is 1. The van der Waals surface area contributed by atoms with E-state index in [2.05, 4.69) is 28.2 Å². The normalized spacial score (nSPS) is 16.3. The number of rotatable bonds is 5. The van der Waals surface area contributed by atoms with Crippen molar-refractivity contribution in [3.05, 3.63) is 18.2 Å². The van der Waals surface area contributed by atoms with Gasteiger partial charge in [0.05, 0.1) is 11.8 Å². The number of amides is 1. The number of piperazine rings is 1. The van der Waals surface area contributed by atoms with Gasteiger partial charge in [-0.25, -0.2) is 0 Å². The van der Waals surface area contributed by atoms with Gasteiger partial charge in [-0.2, -0.15) is 0 Å². The minimum absolute atomic E-state index is 0.0803. The topological polar surface area (TPSA) is 44.8 Å². The second-order valence-corrected chi connectivity index (χ2v) is 5.40. The molecular weight excluding hydrogens is 254 g/mol. The van der Waals surface area contributed by atoms with E-state index in [0.717, 1.165) is 37.6 Å². The Labute approximate surface area is 120 Å². The molecule has 0 saturated carbocycles. The van der Waals surface area contributed by atoms with Crippen molar-refractivity contribution in [2.75, 3.05) is 43.4 Å². The molecule has 5 nitrogen and oxygen atoms in total. The fraction of sp³-hybridized carbons (Fsp3) is 0.533. The van der Waals surface area contributed by atoms with E-state index < -0.39 is 0 Å². The predicted molar refractivity (Wildman–Crippen MR) is 81.6 cm³/mol. The molecule has 110 valence electrons. The van der Waals surface area contributed by atoms with Crippen molar-refractivity contribution >= 4 is 17.8 Å². The maximum atomic E-state index is 10.8. The van der Waals surface area contributed by atoms with E-state index in [1.807, 2.05) is 26.0 Å². The van der Waals surface area contributed by atoms with Gasteiger partial charge in [0.15, 0.2) is 0 Å². The number of ether oxygens (including phenoxy) is 1. The Morgan fingerprint density at radius 2 is 1.95 bits per heavy atom. The summed E-state index contributed by atoms with van der Waals surface area (Å²) in [6.07, 6.45) is 0.771. The molecular formula is C15H23N3O2. The summed E-state index contributed by atoms with van der Waals surface area (Å²) in [6.45, 7) is 8.06. The minimum atomic E-state index is 0.0803. The van der Waals surface area contributed by atoms with Crippen molar-refractivity contribution in [3.8, 4) is 5.75 Å². The van der Waals surface area contributed by atoms with E-state index in [1.54, 1.807) is 0 Å². The zero-order chi connectivity index (χ0) is 14.5. The Balaban J connectivity index is 2.18. The van der Waals surface area contributed by atoms with E-state index in [-0.39, 0.29) is 6.10 Å². The summed E-state index contributed by atoms with van der Waals surface area (Å²) in [6, 6.07) is 5.97. The molecule has 1 aromatic rings. The SMILES string of the molecule is CC(C)Oc1ccc(N2CCN(C)CC2)cc1NC=O. The van der Waals surface area contributed by atoms with Gasteiger partial charge in [0.1, 0.15) is 5.75 Å². The van der Waals surface area contributed by atoms with Crippen LogP contribution in [0.5, 0.6) is 5.75 Å². The molecule has 1 N–H and O–H groups in total. The number of benzene rings is 1. The van der Waals surface area contributed by atoms with Crippen molar-refractivity contribution in [1.82, 2.24) is 4.90 Å².